The zero-order valence-electron chi connectivity index (χ0n) is 15.2. The van der Waals surface area contributed by atoms with Crippen LogP contribution in [0, 0.1) is 17.6 Å². The first-order valence-electron chi connectivity index (χ1n) is 8.88. The summed E-state index contributed by atoms with van der Waals surface area (Å²) in [7, 11) is 0. The van der Waals surface area contributed by atoms with E-state index in [1.807, 2.05) is 4.90 Å². The van der Waals surface area contributed by atoms with Gasteiger partial charge in [-0.15, -0.1) is 0 Å². The standard InChI is InChI=1S/C19H18F5N3O2/c20-15-4-3-13(8-16(15)21)26-7-5-12(10-26)9-25-17(28)11-27-6-1-2-14(18(27)29)19(22,23)24/h1-4,6,8,12H,5,7,9-11H2,(H,25,28). The monoisotopic (exact) mass is 415 g/mol. The summed E-state index contributed by atoms with van der Waals surface area (Å²) in [5.74, 6) is -2.42. The van der Waals surface area contributed by atoms with Crippen LogP contribution in [0.4, 0.5) is 27.6 Å². The topological polar surface area (TPSA) is 54.3 Å². The molecule has 0 radical (unpaired) electrons. The Bertz CT molecular complexity index is 958. The first-order chi connectivity index (χ1) is 13.6. The van der Waals surface area contributed by atoms with Crippen LogP contribution in [0.3, 0.4) is 0 Å². The van der Waals surface area contributed by atoms with Gasteiger partial charge in [-0.25, -0.2) is 8.78 Å². The van der Waals surface area contributed by atoms with Crippen molar-refractivity contribution in [3.05, 3.63) is 64.1 Å². The number of carbonyl (C=O) groups excluding carboxylic acids is 1. The van der Waals surface area contributed by atoms with E-state index in [2.05, 4.69) is 5.32 Å². The Labute approximate surface area is 162 Å². The number of rotatable bonds is 5. The average Bonchev–Trinajstić information content (AvgIpc) is 3.12. The number of benzene rings is 1. The van der Waals surface area contributed by atoms with Crippen molar-refractivity contribution in [3.8, 4) is 0 Å². The number of aromatic nitrogens is 1. The lowest BCUT2D eigenvalue weighted by Crippen LogP contribution is -2.37. The highest BCUT2D eigenvalue weighted by Gasteiger charge is 2.34. The SMILES string of the molecule is O=C(Cn1cccc(C(F)(F)F)c1=O)NCC1CCN(c2ccc(F)c(F)c2)C1. The highest BCUT2D eigenvalue weighted by atomic mass is 19.4. The lowest BCUT2D eigenvalue weighted by atomic mass is 10.1. The third kappa shape index (κ3) is 4.93. The lowest BCUT2D eigenvalue weighted by molar-refractivity contribution is -0.139. The fourth-order valence-corrected chi connectivity index (χ4v) is 3.26. The van der Waals surface area contributed by atoms with Crippen LogP contribution in [0.2, 0.25) is 0 Å². The third-order valence-electron chi connectivity index (χ3n) is 4.78. The first-order valence-corrected chi connectivity index (χ1v) is 8.88. The number of alkyl halides is 3. The van der Waals surface area contributed by atoms with Crippen LogP contribution in [0.1, 0.15) is 12.0 Å². The predicted molar refractivity (Wildman–Crippen MR) is 95.4 cm³/mol. The zero-order chi connectivity index (χ0) is 21.2. The van der Waals surface area contributed by atoms with Crippen LogP contribution < -0.4 is 15.8 Å². The molecule has 1 saturated heterocycles. The highest BCUT2D eigenvalue weighted by molar-refractivity contribution is 5.75. The molecule has 0 aliphatic carbocycles. The van der Waals surface area contributed by atoms with Crippen molar-refractivity contribution in [3.63, 3.8) is 0 Å². The maximum absolute atomic E-state index is 13.4. The second-order valence-electron chi connectivity index (χ2n) is 6.86. The minimum Gasteiger partial charge on any atom is -0.371 e. The Morgan fingerprint density at radius 2 is 1.93 bits per heavy atom. The second kappa shape index (κ2) is 8.22. The molecule has 1 aliphatic heterocycles. The maximum Gasteiger partial charge on any atom is 0.421 e. The number of hydrogen-bond donors (Lipinski definition) is 1. The smallest absolute Gasteiger partial charge is 0.371 e. The Kier molecular flexibility index (Phi) is 5.90. The number of nitrogens with one attached hydrogen (secondary N) is 1. The molecule has 1 aromatic heterocycles. The molecule has 0 bridgehead atoms. The van der Waals surface area contributed by atoms with Crippen molar-refractivity contribution in [2.24, 2.45) is 5.92 Å². The molecule has 1 atom stereocenters. The van der Waals surface area contributed by atoms with Gasteiger partial charge in [0.25, 0.3) is 5.56 Å². The van der Waals surface area contributed by atoms with Gasteiger partial charge in [0, 0.05) is 37.6 Å². The molecular formula is C19H18F5N3O2. The maximum atomic E-state index is 13.4. The van der Waals surface area contributed by atoms with Gasteiger partial charge < -0.3 is 14.8 Å². The number of carbonyl (C=O) groups is 1. The minimum absolute atomic E-state index is 0.0327. The molecule has 5 nitrogen and oxygen atoms in total. The predicted octanol–water partition coefficient (Wildman–Crippen LogP) is 2.79. The van der Waals surface area contributed by atoms with Gasteiger partial charge >= 0.3 is 6.18 Å². The van der Waals surface area contributed by atoms with Gasteiger partial charge in [-0.05, 0) is 36.6 Å². The number of nitrogens with zero attached hydrogens (tertiary/aromatic N) is 2. The molecule has 2 heterocycles. The highest BCUT2D eigenvalue weighted by Crippen LogP contribution is 2.26. The largest absolute Gasteiger partial charge is 0.421 e. The number of halogens is 5. The summed E-state index contributed by atoms with van der Waals surface area (Å²) < 4.78 is 65.5. The summed E-state index contributed by atoms with van der Waals surface area (Å²) >= 11 is 0. The molecular weight excluding hydrogens is 397 g/mol. The fourth-order valence-electron chi connectivity index (χ4n) is 3.26. The Morgan fingerprint density at radius 3 is 2.62 bits per heavy atom. The summed E-state index contributed by atoms with van der Waals surface area (Å²) in [6.45, 7) is 0.836. The first kappa shape index (κ1) is 20.8. The van der Waals surface area contributed by atoms with E-state index in [0.717, 1.165) is 24.4 Å². The molecule has 1 N–H and O–H groups in total. The van der Waals surface area contributed by atoms with Crippen LogP contribution in [0.15, 0.2) is 41.3 Å². The summed E-state index contributed by atoms with van der Waals surface area (Å²) in [5.41, 5.74) is -2.07. The van der Waals surface area contributed by atoms with E-state index in [1.54, 1.807) is 0 Å². The van der Waals surface area contributed by atoms with Gasteiger partial charge in [-0.2, -0.15) is 13.2 Å². The molecule has 1 unspecified atom stereocenters. The van der Waals surface area contributed by atoms with E-state index >= 15 is 0 Å². The Morgan fingerprint density at radius 1 is 1.17 bits per heavy atom. The zero-order valence-corrected chi connectivity index (χ0v) is 15.2. The molecule has 1 amide bonds. The molecule has 29 heavy (non-hydrogen) atoms. The van der Waals surface area contributed by atoms with E-state index in [-0.39, 0.29) is 12.5 Å². The Hall–Kier alpha value is -2.91. The molecule has 0 spiro atoms. The van der Waals surface area contributed by atoms with Gasteiger partial charge in [-0.1, -0.05) is 0 Å². The van der Waals surface area contributed by atoms with Crippen LogP contribution >= 0.6 is 0 Å². The molecule has 1 aromatic carbocycles. The number of pyridine rings is 1. The van der Waals surface area contributed by atoms with Crippen LogP contribution in [0.5, 0.6) is 0 Å². The average molecular weight is 415 g/mol. The molecule has 1 aliphatic rings. The van der Waals surface area contributed by atoms with E-state index in [0.29, 0.717) is 35.8 Å². The van der Waals surface area contributed by atoms with Crippen molar-refractivity contribution in [2.45, 2.75) is 19.1 Å². The van der Waals surface area contributed by atoms with Crippen LogP contribution in [-0.2, 0) is 17.5 Å². The summed E-state index contributed by atoms with van der Waals surface area (Å²) in [5, 5.41) is 2.61. The summed E-state index contributed by atoms with van der Waals surface area (Å²) in [6, 6.07) is 5.36. The van der Waals surface area contributed by atoms with Crippen molar-refractivity contribution in [1.29, 1.82) is 0 Å². The van der Waals surface area contributed by atoms with Crippen molar-refractivity contribution >= 4 is 11.6 Å². The molecule has 0 saturated carbocycles. The minimum atomic E-state index is -4.79. The molecule has 3 rings (SSSR count). The quantitative estimate of drug-likeness (QED) is 0.765. The lowest BCUT2D eigenvalue weighted by Gasteiger charge is -2.19. The fraction of sp³-hybridized carbons (Fsp3) is 0.368. The van der Waals surface area contributed by atoms with Gasteiger partial charge in [0.2, 0.25) is 5.91 Å². The van der Waals surface area contributed by atoms with Crippen molar-refractivity contribution in [2.75, 3.05) is 24.5 Å². The van der Waals surface area contributed by atoms with E-state index in [1.165, 1.54) is 6.07 Å². The van der Waals surface area contributed by atoms with E-state index in [9.17, 15) is 31.5 Å². The molecule has 2 aromatic rings. The number of hydrogen-bond acceptors (Lipinski definition) is 3. The number of amides is 1. The van der Waals surface area contributed by atoms with Gasteiger partial charge in [0.1, 0.15) is 12.1 Å². The van der Waals surface area contributed by atoms with Gasteiger partial charge in [0.05, 0.1) is 0 Å². The third-order valence-corrected chi connectivity index (χ3v) is 4.78. The molecule has 1 fully saturated rings. The number of anilines is 1. The second-order valence-corrected chi connectivity index (χ2v) is 6.86. The van der Waals surface area contributed by atoms with Crippen molar-refractivity contribution in [1.82, 2.24) is 9.88 Å². The van der Waals surface area contributed by atoms with Crippen LogP contribution in [0.25, 0.3) is 0 Å². The Balaban J connectivity index is 1.54. The normalized spacial score (nSPS) is 16.9. The van der Waals surface area contributed by atoms with E-state index < -0.39 is 41.4 Å². The van der Waals surface area contributed by atoms with Crippen molar-refractivity contribution < 1.29 is 26.7 Å². The van der Waals surface area contributed by atoms with Crippen LogP contribution in [-0.4, -0.2) is 30.1 Å². The summed E-state index contributed by atoms with van der Waals surface area (Å²) in [6.07, 6.45) is -2.97. The van der Waals surface area contributed by atoms with Gasteiger partial charge in [-0.3, -0.25) is 9.59 Å². The van der Waals surface area contributed by atoms with Gasteiger partial charge in [0.15, 0.2) is 11.6 Å². The van der Waals surface area contributed by atoms with E-state index in [4.69, 9.17) is 0 Å². The molecule has 10 heteroatoms. The molecule has 156 valence electrons. The summed E-state index contributed by atoms with van der Waals surface area (Å²) in [4.78, 5) is 25.8.